The van der Waals surface area contributed by atoms with Crippen LogP contribution in [0.15, 0.2) is 48.5 Å². The highest BCUT2D eigenvalue weighted by molar-refractivity contribution is 5.89. The normalized spacial score (nSPS) is 16.8. The average Bonchev–Trinajstić information content (AvgIpc) is 3.18. The van der Waals surface area contributed by atoms with Crippen LogP contribution in [0.5, 0.6) is 11.5 Å². The number of likely N-dealkylation sites (tertiary alicyclic amines) is 1. The van der Waals surface area contributed by atoms with Crippen LogP contribution in [-0.2, 0) is 16.0 Å². The van der Waals surface area contributed by atoms with Crippen LogP contribution in [-0.4, -0.2) is 69.6 Å². The fourth-order valence-corrected chi connectivity index (χ4v) is 4.08. The van der Waals surface area contributed by atoms with Gasteiger partial charge < -0.3 is 24.6 Å². The van der Waals surface area contributed by atoms with Gasteiger partial charge in [-0.1, -0.05) is 36.4 Å². The van der Waals surface area contributed by atoms with E-state index in [1.165, 1.54) is 0 Å². The summed E-state index contributed by atoms with van der Waals surface area (Å²) in [5.41, 5.74) is 2.21. The van der Waals surface area contributed by atoms with E-state index in [-0.39, 0.29) is 30.2 Å². The van der Waals surface area contributed by atoms with Crippen molar-refractivity contribution in [3.63, 3.8) is 0 Å². The predicted molar refractivity (Wildman–Crippen MR) is 124 cm³/mol. The van der Waals surface area contributed by atoms with E-state index in [9.17, 15) is 9.59 Å². The molecule has 1 heterocycles. The van der Waals surface area contributed by atoms with Crippen LogP contribution in [0, 0.1) is 5.92 Å². The molecule has 2 amide bonds. The van der Waals surface area contributed by atoms with Gasteiger partial charge in [-0.15, -0.1) is 0 Å². The van der Waals surface area contributed by atoms with Crippen LogP contribution in [0.25, 0.3) is 0 Å². The second-order valence-electron chi connectivity index (χ2n) is 8.32. The van der Waals surface area contributed by atoms with E-state index in [2.05, 4.69) is 22.3 Å². The molecule has 1 N–H and O–H groups in total. The van der Waals surface area contributed by atoms with Gasteiger partial charge in [0.05, 0.1) is 26.2 Å². The Bertz CT molecular complexity index is 917. The van der Waals surface area contributed by atoms with Gasteiger partial charge >= 0.3 is 0 Å². The zero-order valence-electron chi connectivity index (χ0n) is 19.3. The van der Waals surface area contributed by atoms with Crippen molar-refractivity contribution in [2.45, 2.75) is 18.9 Å². The Hall–Kier alpha value is -3.06. The maximum absolute atomic E-state index is 12.8. The number of nitrogens with zero attached hydrogens (tertiary/aromatic N) is 2. The lowest BCUT2D eigenvalue weighted by Crippen LogP contribution is -2.38. The number of carbonyl (C=O) groups excluding carboxylic acids is 2. The standard InChI is InChI=1S/C25H33N3O4/c1-27(2)21(19-8-6-5-7-9-19)16-26-25(30)20-15-24(29)28(17-20)13-12-18-10-11-22(31-3)23(14-18)32-4/h5-11,14,20-21H,12-13,15-17H2,1-4H3,(H,26,30)/t20-,21+/m1/s1. The third-order valence-electron chi connectivity index (χ3n) is 5.98. The molecule has 32 heavy (non-hydrogen) atoms. The molecule has 2 aromatic rings. The third-order valence-corrected chi connectivity index (χ3v) is 5.98. The second-order valence-corrected chi connectivity index (χ2v) is 8.32. The maximum Gasteiger partial charge on any atom is 0.225 e. The first-order valence-electron chi connectivity index (χ1n) is 10.9. The minimum atomic E-state index is -0.313. The van der Waals surface area contributed by atoms with Crippen LogP contribution >= 0.6 is 0 Å². The lowest BCUT2D eigenvalue weighted by molar-refractivity contribution is -0.129. The van der Waals surface area contributed by atoms with Crippen molar-refractivity contribution in [2.75, 3.05) is 47.9 Å². The van der Waals surface area contributed by atoms with Gasteiger partial charge in [-0.2, -0.15) is 0 Å². The van der Waals surface area contributed by atoms with Gasteiger partial charge in [-0.05, 0) is 43.8 Å². The number of benzene rings is 2. The SMILES string of the molecule is COc1ccc(CCN2C[C@H](C(=O)NC[C@@H](c3ccccc3)N(C)C)CC2=O)cc1OC. The summed E-state index contributed by atoms with van der Waals surface area (Å²) in [4.78, 5) is 29.1. The number of likely N-dealkylation sites (N-methyl/N-ethyl adjacent to an activating group) is 1. The number of ether oxygens (including phenoxy) is 2. The molecule has 172 valence electrons. The second kappa shape index (κ2) is 11.0. The molecule has 2 atom stereocenters. The summed E-state index contributed by atoms with van der Waals surface area (Å²) in [7, 11) is 7.21. The van der Waals surface area contributed by atoms with Gasteiger partial charge in [0.15, 0.2) is 11.5 Å². The first-order valence-corrected chi connectivity index (χ1v) is 10.9. The summed E-state index contributed by atoms with van der Waals surface area (Å²) in [6.45, 7) is 1.53. The molecule has 0 saturated carbocycles. The molecule has 1 aliphatic heterocycles. The van der Waals surface area contributed by atoms with Gasteiger partial charge in [0.2, 0.25) is 11.8 Å². The largest absolute Gasteiger partial charge is 0.493 e. The summed E-state index contributed by atoms with van der Waals surface area (Å²) in [5.74, 6) is 1.000. The lowest BCUT2D eigenvalue weighted by Gasteiger charge is -2.25. The summed E-state index contributed by atoms with van der Waals surface area (Å²) in [5, 5.41) is 3.06. The highest BCUT2D eigenvalue weighted by Crippen LogP contribution is 2.28. The highest BCUT2D eigenvalue weighted by Gasteiger charge is 2.34. The molecule has 1 aliphatic rings. The minimum Gasteiger partial charge on any atom is -0.493 e. The molecule has 7 heteroatoms. The van der Waals surface area contributed by atoms with Gasteiger partial charge in [0, 0.05) is 26.1 Å². The van der Waals surface area contributed by atoms with Gasteiger partial charge in [0.25, 0.3) is 0 Å². The van der Waals surface area contributed by atoms with E-state index < -0.39 is 0 Å². The van der Waals surface area contributed by atoms with Crippen molar-refractivity contribution in [2.24, 2.45) is 5.92 Å². The van der Waals surface area contributed by atoms with Gasteiger partial charge in [0.1, 0.15) is 0 Å². The van der Waals surface area contributed by atoms with Gasteiger partial charge in [-0.25, -0.2) is 0 Å². The number of hydrogen-bond donors (Lipinski definition) is 1. The number of rotatable bonds is 10. The molecule has 7 nitrogen and oxygen atoms in total. The van der Waals surface area contributed by atoms with Crippen molar-refractivity contribution in [3.05, 3.63) is 59.7 Å². The van der Waals surface area contributed by atoms with E-state index in [1.54, 1.807) is 19.1 Å². The smallest absolute Gasteiger partial charge is 0.225 e. The monoisotopic (exact) mass is 439 g/mol. The molecule has 0 aromatic heterocycles. The summed E-state index contributed by atoms with van der Waals surface area (Å²) < 4.78 is 10.6. The van der Waals surface area contributed by atoms with Crippen molar-refractivity contribution in [1.29, 1.82) is 0 Å². The molecule has 0 unspecified atom stereocenters. The van der Waals surface area contributed by atoms with E-state index >= 15 is 0 Å². The van der Waals surface area contributed by atoms with E-state index in [1.807, 2.05) is 50.5 Å². The number of carbonyl (C=O) groups is 2. The molecule has 2 aromatic carbocycles. The molecule has 0 spiro atoms. The number of amides is 2. The van der Waals surface area contributed by atoms with Crippen molar-refractivity contribution >= 4 is 11.8 Å². The molecular formula is C25H33N3O4. The first kappa shape index (κ1) is 23.6. The fourth-order valence-electron chi connectivity index (χ4n) is 4.08. The third kappa shape index (κ3) is 5.79. The molecule has 1 saturated heterocycles. The molecule has 0 aliphatic carbocycles. The van der Waals surface area contributed by atoms with Crippen LogP contribution in [0.2, 0.25) is 0 Å². The molecule has 0 radical (unpaired) electrons. The highest BCUT2D eigenvalue weighted by atomic mass is 16.5. The average molecular weight is 440 g/mol. The topological polar surface area (TPSA) is 71.1 Å². The fraction of sp³-hybridized carbons (Fsp3) is 0.440. The molecule has 1 fully saturated rings. The predicted octanol–water partition coefficient (Wildman–Crippen LogP) is 2.51. The van der Waals surface area contributed by atoms with Crippen LogP contribution in [0.4, 0.5) is 0 Å². The number of hydrogen-bond acceptors (Lipinski definition) is 5. The Morgan fingerprint density at radius 1 is 1.12 bits per heavy atom. The van der Waals surface area contributed by atoms with E-state index in [0.717, 1.165) is 11.1 Å². The Kier molecular flexibility index (Phi) is 8.11. The van der Waals surface area contributed by atoms with Crippen LogP contribution in [0.3, 0.4) is 0 Å². The van der Waals surface area contributed by atoms with Crippen molar-refractivity contribution in [3.8, 4) is 11.5 Å². The quantitative estimate of drug-likeness (QED) is 0.616. The van der Waals surface area contributed by atoms with Crippen LogP contribution < -0.4 is 14.8 Å². The molecule has 0 bridgehead atoms. The Labute approximate surface area is 190 Å². The van der Waals surface area contributed by atoms with E-state index in [4.69, 9.17) is 9.47 Å². The lowest BCUT2D eigenvalue weighted by atomic mass is 10.0. The summed E-state index contributed by atoms with van der Waals surface area (Å²) in [6.07, 6.45) is 0.951. The zero-order valence-corrected chi connectivity index (χ0v) is 19.3. The zero-order chi connectivity index (χ0) is 23.1. The molecular weight excluding hydrogens is 406 g/mol. The van der Waals surface area contributed by atoms with Crippen molar-refractivity contribution in [1.82, 2.24) is 15.1 Å². The summed E-state index contributed by atoms with van der Waals surface area (Å²) in [6, 6.07) is 15.9. The minimum absolute atomic E-state index is 0.0258. The Balaban J connectivity index is 1.53. The molecule has 3 rings (SSSR count). The Morgan fingerprint density at radius 2 is 1.84 bits per heavy atom. The number of methoxy groups -OCH3 is 2. The van der Waals surface area contributed by atoms with Gasteiger partial charge in [-0.3, -0.25) is 9.59 Å². The number of nitrogens with one attached hydrogen (secondary N) is 1. The maximum atomic E-state index is 12.8. The van der Waals surface area contributed by atoms with Crippen molar-refractivity contribution < 1.29 is 19.1 Å². The van der Waals surface area contributed by atoms with E-state index in [0.29, 0.717) is 37.6 Å². The summed E-state index contributed by atoms with van der Waals surface area (Å²) >= 11 is 0. The Morgan fingerprint density at radius 3 is 2.50 bits per heavy atom. The van der Waals surface area contributed by atoms with Crippen LogP contribution in [0.1, 0.15) is 23.6 Å². The first-order chi connectivity index (χ1) is 15.4.